The normalized spacial score (nSPS) is 9.62. The summed E-state index contributed by atoms with van der Waals surface area (Å²) >= 11 is 0. The van der Waals surface area contributed by atoms with Crippen LogP contribution < -0.4 is 10.2 Å². The molecular formula is C15H12N2O3Pt. The third-order valence-electron chi connectivity index (χ3n) is 2.80. The number of rotatable bonds is 0. The first-order valence-corrected chi connectivity index (χ1v) is 5.99. The minimum Gasteiger partial charge on any atom is -0.652 e. The molecule has 0 atom stereocenters. The van der Waals surface area contributed by atoms with Crippen LogP contribution in [0.1, 0.15) is 11.4 Å². The SMILES string of the molecule is Cc1ccc2ccc3ccc(C)nc3c2n1.O=C([O-])[O-].[Pt+2]. The van der Waals surface area contributed by atoms with E-state index in [1.807, 2.05) is 26.0 Å². The number of carbonyl (C=O) groups is 1. The van der Waals surface area contributed by atoms with E-state index in [9.17, 15) is 0 Å². The van der Waals surface area contributed by atoms with E-state index in [4.69, 9.17) is 15.0 Å². The number of carboxylic acid groups (broad SMARTS) is 2. The van der Waals surface area contributed by atoms with E-state index in [1.165, 1.54) is 0 Å². The molecular weight excluding hydrogens is 451 g/mol. The van der Waals surface area contributed by atoms with E-state index in [0.717, 1.165) is 33.2 Å². The van der Waals surface area contributed by atoms with Crippen molar-refractivity contribution in [2.24, 2.45) is 0 Å². The predicted molar refractivity (Wildman–Crippen MR) is 71.9 cm³/mol. The summed E-state index contributed by atoms with van der Waals surface area (Å²) < 4.78 is 0. The fourth-order valence-electron chi connectivity index (χ4n) is 1.96. The third-order valence-corrected chi connectivity index (χ3v) is 2.80. The van der Waals surface area contributed by atoms with Crippen molar-refractivity contribution in [1.29, 1.82) is 0 Å². The van der Waals surface area contributed by atoms with Crippen LogP contribution >= 0.6 is 0 Å². The van der Waals surface area contributed by atoms with Gasteiger partial charge in [-0.1, -0.05) is 24.3 Å². The minimum atomic E-state index is -2.33. The summed E-state index contributed by atoms with van der Waals surface area (Å²) in [5, 5.41) is 19.0. The summed E-state index contributed by atoms with van der Waals surface area (Å²) in [6.45, 7) is 4.02. The summed E-state index contributed by atoms with van der Waals surface area (Å²) in [6, 6.07) is 12.5. The molecule has 2 aromatic heterocycles. The van der Waals surface area contributed by atoms with E-state index in [1.54, 1.807) is 0 Å². The van der Waals surface area contributed by atoms with Crippen LogP contribution in [0.5, 0.6) is 0 Å². The molecule has 110 valence electrons. The Morgan fingerprint density at radius 2 is 1.10 bits per heavy atom. The Bertz CT molecular complexity index is 726. The maximum absolute atomic E-state index is 8.33. The van der Waals surface area contributed by atoms with Gasteiger partial charge in [0.25, 0.3) is 0 Å². The molecule has 0 aliphatic rings. The molecule has 0 radical (unpaired) electrons. The molecule has 0 aliphatic carbocycles. The third kappa shape index (κ3) is 4.23. The number of hydrogen-bond donors (Lipinski definition) is 0. The topological polar surface area (TPSA) is 89.0 Å². The van der Waals surface area contributed by atoms with Crippen LogP contribution in [-0.4, -0.2) is 16.1 Å². The van der Waals surface area contributed by atoms with Crippen molar-refractivity contribution < 1.29 is 36.1 Å². The van der Waals surface area contributed by atoms with Gasteiger partial charge in [-0.3, -0.25) is 9.97 Å². The summed E-state index contributed by atoms with van der Waals surface area (Å²) in [7, 11) is 0. The van der Waals surface area contributed by atoms with E-state index < -0.39 is 6.16 Å². The zero-order valence-electron chi connectivity index (χ0n) is 11.4. The molecule has 6 heteroatoms. The standard InChI is InChI=1S/C14H12N2.CH2O3.Pt/c1-9-3-5-11-7-8-12-6-4-10(2)16-14(12)13(11)15-9;2-1(3)4;/h3-8H,1-2H3;(H2,2,3,4);/q;;+2/p-2. The van der Waals surface area contributed by atoms with E-state index in [0.29, 0.717) is 0 Å². The maximum Gasteiger partial charge on any atom is 2.00 e. The van der Waals surface area contributed by atoms with Gasteiger partial charge in [-0.05, 0) is 32.1 Å². The Hall–Kier alpha value is -2.00. The molecule has 0 unspecified atom stereocenters. The van der Waals surface area contributed by atoms with Gasteiger partial charge >= 0.3 is 21.1 Å². The number of nitrogens with zero attached hydrogens (tertiary/aromatic N) is 2. The first-order chi connectivity index (χ1) is 9.47. The second kappa shape index (κ2) is 7.13. The summed E-state index contributed by atoms with van der Waals surface area (Å²) in [4.78, 5) is 17.5. The van der Waals surface area contributed by atoms with Crippen LogP contribution in [0, 0.1) is 13.8 Å². The number of pyridine rings is 2. The second-order valence-electron chi connectivity index (χ2n) is 4.36. The van der Waals surface area contributed by atoms with Crippen molar-refractivity contribution in [3.63, 3.8) is 0 Å². The van der Waals surface area contributed by atoms with Gasteiger partial charge in [-0.15, -0.1) is 0 Å². The fraction of sp³-hybridized carbons (Fsp3) is 0.133. The maximum atomic E-state index is 8.33. The Kier molecular flexibility index (Phi) is 5.79. The summed E-state index contributed by atoms with van der Waals surface area (Å²) in [5.41, 5.74) is 4.06. The van der Waals surface area contributed by atoms with Crippen molar-refractivity contribution in [3.05, 3.63) is 47.8 Å². The largest absolute Gasteiger partial charge is 2.00 e. The number of fused-ring (bicyclic) bond motifs is 3. The van der Waals surface area contributed by atoms with Crippen molar-refractivity contribution >= 4 is 28.0 Å². The molecule has 0 spiro atoms. The zero-order valence-corrected chi connectivity index (χ0v) is 13.7. The molecule has 2 heterocycles. The van der Waals surface area contributed by atoms with Crippen LogP contribution in [0.2, 0.25) is 0 Å². The van der Waals surface area contributed by atoms with E-state index in [2.05, 4.69) is 34.2 Å². The second-order valence-corrected chi connectivity index (χ2v) is 4.36. The number of aromatic nitrogens is 2. The quantitative estimate of drug-likeness (QED) is 0.464. The molecule has 0 amide bonds. The van der Waals surface area contributed by atoms with E-state index >= 15 is 0 Å². The Labute approximate surface area is 135 Å². The molecule has 3 rings (SSSR count). The first-order valence-electron chi connectivity index (χ1n) is 5.99. The monoisotopic (exact) mass is 463 g/mol. The average molecular weight is 463 g/mol. The molecule has 21 heavy (non-hydrogen) atoms. The van der Waals surface area contributed by atoms with Crippen molar-refractivity contribution in [2.75, 3.05) is 0 Å². The van der Waals surface area contributed by atoms with Crippen molar-refractivity contribution in [2.45, 2.75) is 13.8 Å². The Balaban J connectivity index is 0.000000397. The summed E-state index contributed by atoms with van der Waals surface area (Å²) in [6.07, 6.45) is -2.33. The van der Waals surface area contributed by atoms with Crippen LogP contribution in [0.15, 0.2) is 36.4 Å². The van der Waals surface area contributed by atoms with Crippen LogP contribution in [-0.2, 0) is 21.1 Å². The van der Waals surface area contributed by atoms with Crippen LogP contribution in [0.4, 0.5) is 4.79 Å². The predicted octanol–water partition coefficient (Wildman–Crippen LogP) is 0.950. The molecule has 1 aromatic carbocycles. The number of benzene rings is 1. The van der Waals surface area contributed by atoms with Gasteiger partial charge in [0.1, 0.15) is 0 Å². The average Bonchev–Trinajstić information content (AvgIpc) is 2.38. The summed E-state index contributed by atoms with van der Waals surface area (Å²) in [5.74, 6) is 0. The first kappa shape index (κ1) is 17.1. The Morgan fingerprint density at radius 3 is 1.43 bits per heavy atom. The van der Waals surface area contributed by atoms with Gasteiger partial charge in [0.05, 0.1) is 11.0 Å². The van der Waals surface area contributed by atoms with Gasteiger partial charge in [-0.25, -0.2) is 0 Å². The minimum absolute atomic E-state index is 0. The smallest absolute Gasteiger partial charge is 0.652 e. The molecule has 0 bridgehead atoms. The molecule has 0 fully saturated rings. The van der Waals surface area contributed by atoms with Gasteiger partial charge in [0, 0.05) is 22.2 Å². The zero-order chi connectivity index (χ0) is 14.7. The molecule has 0 N–H and O–H groups in total. The van der Waals surface area contributed by atoms with Crippen molar-refractivity contribution in [3.8, 4) is 0 Å². The Morgan fingerprint density at radius 1 is 0.810 bits per heavy atom. The van der Waals surface area contributed by atoms with Gasteiger partial charge in [0.15, 0.2) is 0 Å². The molecule has 0 saturated carbocycles. The number of aryl methyl sites for hydroxylation is 2. The van der Waals surface area contributed by atoms with Gasteiger partial charge in [-0.2, -0.15) is 0 Å². The van der Waals surface area contributed by atoms with E-state index in [-0.39, 0.29) is 21.1 Å². The number of carbonyl (C=O) groups excluding carboxylic acids is 1. The molecule has 0 saturated heterocycles. The van der Waals surface area contributed by atoms with Crippen molar-refractivity contribution in [1.82, 2.24) is 9.97 Å². The number of hydrogen-bond acceptors (Lipinski definition) is 5. The van der Waals surface area contributed by atoms with Crippen LogP contribution in [0.25, 0.3) is 21.8 Å². The van der Waals surface area contributed by atoms with Gasteiger partial charge in [0.2, 0.25) is 0 Å². The van der Waals surface area contributed by atoms with Crippen LogP contribution in [0.3, 0.4) is 0 Å². The molecule has 3 aromatic rings. The fourth-order valence-corrected chi connectivity index (χ4v) is 1.96. The molecule has 5 nitrogen and oxygen atoms in total. The van der Waals surface area contributed by atoms with Gasteiger partial charge < -0.3 is 15.0 Å². The molecule has 0 aliphatic heterocycles.